The maximum atomic E-state index is 14.0. The van der Waals surface area contributed by atoms with E-state index in [9.17, 15) is 14.0 Å². The van der Waals surface area contributed by atoms with Gasteiger partial charge in [0, 0.05) is 19.7 Å². The summed E-state index contributed by atoms with van der Waals surface area (Å²) >= 11 is 5.78. The molecule has 0 bridgehead atoms. The standard InChI is InChI=1S/C24H24ClFN4O3/c1-4-5-12-29-22(31)20-21(28(3)24(29)32)27-23(33-17-10-11-18(25)19(26)13-17)30(20)14-16-8-6-15(2)7-9-16/h6-11,13H,4-5,12,14H2,1-3H3. The summed E-state index contributed by atoms with van der Waals surface area (Å²) in [5, 5.41) is -0.0308. The van der Waals surface area contributed by atoms with Crippen LogP contribution in [0.25, 0.3) is 11.2 Å². The molecule has 0 N–H and O–H groups in total. The molecule has 0 aliphatic carbocycles. The highest BCUT2D eigenvalue weighted by atomic mass is 35.5. The molecule has 0 saturated heterocycles. The van der Waals surface area contributed by atoms with E-state index in [1.54, 1.807) is 11.6 Å². The van der Waals surface area contributed by atoms with Crippen molar-refractivity contribution in [2.24, 2.45) is 7.05 Å². The molecule has 2 aromatic heterocycles. The molecule has 0 unspecified atom stereocenters. The second-order valence-corrected chi connectivity index (χ2v) is 8.38. The third-order valence-electron chi connectivity index (χ3n) is 5.49. The van der Waals surface area contributed by atoms with Gasteiger partial charge in [-0.05, 0) is 31.0 Å². The van der Waals surface area contributed by atoms with Crippen molar-refractivity contribution in [3.8, 4) is 11.8 Å². The summed E-state index contributed by atoms with van der Waals surface area (Å²) in [4.78, 5) is 30.7. The Kier molecular flexibility index (Phi) is 6.37. The van der Waals surface area contributed by atoms with Crippen molar-refractivity contribution in [1.82, 2.24) is 18.7 Å². The number of ether oxygens (including phenoxy) is 1. The van der Waals surface area contributed by atoms with Gasteiger partial charge in [-0.3, -0.25) is 18.5 Å². The number of benzene rings is 2. The highest BCUT2D eigenvalue weighted by Crippen LogP contribution is 2.27. The van der Waals surface area contributed by atoms with Crippen LogP contribution >= 0.6 is 11.6 Å². The van der Waals surface area contributed by atoms with Crippen molar-refractivity contribution in [2.75, 3.05) is 0 Å². The van der Waals surface area contributed by atoms with Gasteiger partial charge in [-0.2, -0.15) is 4.98 Å². The minimum Gasteiger partial charge on any atom is -0.425 e. The molecule has 33 heavy (non-hydrogen) atoms. The second-order valence-electron chi connectivity index (χ2n) is 7.97. The Morgan fingerprint density at radius 3 is 2.48 bits per heavy atom. The Labute approximate surface area is 194 Å². The fourth-order valence-corrected chi connectivity index (χ4v) is 3.73. The molecular weight excluding hydrogens is 447 g/mol. The molecule has 0 radical (unpaired) electrons. The summed E-state index contributed by atoms with van der Waals surface area (Å²) in [5.41, 5.74) is 1.60. The number of nitrogens with zero attached hydrogens (tertiary/aromatic N) is 4. The molecule has 7 nitrogen and oxygen atoms in total. The van der Waals surface area contributed by atoms with Crippen LogP contribution in [0, 0.1) is 12.7 Å². The van der Waals surface area contributed by atoms with Crippen LogP contribution < -0.4 is 16.0 Å². The predicted molar refractivity (Wildman–Crippen MR) is 126 cm³/mol. The molecule has 2 aromatic carbocycles. The van der Waals surface area contributed by atoms with Crippen LogP contribution in [0.3, 0.4) is 0 Å². The summed E-state index contributed by atoms with van der Waals surface area (Å²) in [7, 11) is 1.57. The van der Waals surface area contributed by atoms with Crippen LogP contribution in [0.1, 0.15) is 30.9 Å². The number of unbranched alkanes of at least 4 members (excludes halogenated alkanes) is 1. The number of hydrogen-bond donors (Lipinski definition) is 0. The Hall–Kier alpha value is -3.39. The Balaban J connectivity index is 1.93. The predicted octanol–water partition coefficient (Wildman–Crippen LogP) is 4.64. The molecule has 4 rings (SSSR count). The van der Waals surface area contributed by atoms with Gasteiger partial charge in [-0.1, -0.05) is 54.8 Å². The van der Waals surface area contributed by atoms with Crippen LogP contribution in [0.4, 0.5) is 4.39 Å². The average molecular weight is 471 g/mol. The summed E-state index contributed by atoms with van der Waals surface area (Å²) in [6.45, 7) is 4.57. The van der Waals surface area contributed by atoms with E-state index in [2.05, 4.69) is 4.98 Å². The Bertz CT molecular complexity index is 1440. The molecule has 0 fully saturated rings. The quantitative estimate of drug-likeness (QED) is 0.394. The zero-order chi connectivity index (χ0) is 23.7. The zero-order valence-electron chi connectivity index (χ0n) is 18.6. The molecule has 0 aliphatic rings. The van der Waals surface area contributed by atoms with Gasteiger partial charge in [-0.15, -0.1) is 0 Å². The van der Waals surface area contributed by atoms with Crippen LogP contribution in [0.2, 0.25) is 5.02 Å². The minimum absolute atomic E-state index is 0.0308. The Morgan fingerprint density at radius 1 is 1.09 bits per heavy atom. The summed E-state index contributed by atoms with van der Waals surface area (Å²) in [6.07, 6.45) is 1.53. The van der Waals surface area contributed by atoms with E-state index < -0.39 is 17.1 Å². The van der Waals surface area contributed by atoms with Crippen LogP contribution in [0.15, 0.2) is 52.1 Å². The third-order valence-corrected chi connectivity index (χ3v) is 5.80. The molecule has 0 saturated carbocycles. The van der Waals surface area contributed by atoms with Gasteiger partial charge >= 0.3 is 11.7 Å². The van der Waals surface area contributed by atoms with Crippen LogP contribution in [0.5, 0.6) is 11.8 Å². The van der Waals surface area contributed by atoms with E-state index >= 15 is 0 Å². The van der Waals surface area contributed by atoms with Crippen molar-refractivity contribution in [3.05, 3.63) is 85.3 Å². The highest BCUT2D eigenvalue weighted by Gasteiger charge is 2.22. The number of rotatable bonds is 7. The van der Waals surface area contributed by atoms with Crippen molar-refractivity contribution in [2.45, 2.75) is 39.8 Å². The molecule has 172 valence electrons. The summed E-state index contributed by atoms with van der Waals surface area (Å²) < 4.78 is 24.1. The number of hydrogen-bond acceptors (Lipinski definition) is 4. The lowest BCUT2D eigenvalue weighted by Gasteiger charge is -2.12. The van der Waals surface area contributed by atoms with E-state index in [4.69, 9.17) is 16.3 Å². The average Bonchev–Trinajstić information content (AvgIpc) is 3.14. The smallest absolute Gasteiger partial charge is 0.332 e. The first-order valence-electron chi connectivity index (χ1n) is 10.7. The van der Waals surface area contributed by atoms with Crippen molar-refractivity contribution >= 4 is 22.8 Å². The Morgan fingerprint density at radius 2 is 1.82 bits per heavy atom. The van der Waals surface area contributed by atoms with Gasteiger partial charge in [-0.25, -0.2) is 9.18 Å². The van der Waals surface area contributed by atoms with Crippen molar-refractivity contribution < 1.29 is 9.13 Å². The molecule has 4 aromatic rings. The number of fused-ring (bicyclic) bond motifs is 1. The fraction of sp³-hybridized carbons (Fsp3) is 0.292. The number of aromatic nitrogens is 4. The molecule has 9 heteroatoms. The normalized spacial score (nSPS) is 11.3. The van der Waals surface area contributed by atoms with E-state index in [1.165, 1.54) is 21.3 Å². The lowest BCUT2D eigenvalue weighted by atomic mass is 10.1. The van der Waals surface area contributed by atoms with Gasteiger partial charge in [0.2, 0.25) is 0 Å². The van der Waals surface area contributed by atoms with Gasteiger partial charge < -0.3 is 4.74 Å². The first kappa shape index (κ1) is 22.8. The first-order valence-corrected chi connectivity index (χ1v) is 11.1. The monoisotopic (exact) mass is 470 g/mol. The zero-order valence-corrected chi connectivity index (χ0v) is 19.4. The number of aryl methyl sites for hydroxylation is 2. The number of imidazole rings is 1. The molecular formula is C24H24ClFN4O3. The SMILES string of the molecule is CCCCn1c(=O)c2c(nc(Oc3ccc(Cl)c(F)c3)n2Cc2ccc(C)cc2)n(C)c1=O. The van der Waals surface area contributed by atoms with Gasteiger partial charge in [0.25, 0.3) is 5.56 Å². The molecule has 0 spiro atoms. The van der Waals surface area contributed by atoms with Crippen molar-refractivity contribution in [1.29, 1.82) is 0 Å². The maximum absolute atomic E-state index is 14.0. The number of halogens is 2. The van der Waals surface area contributed by atoms with Gasteiger partial charge in [0.1, 0.15) is 11.6 Å². The van der Waals surface area contributed by atoms with E-state index in [1.807, 2.05) is 38.1 Å². The van der Waals surface area contributed by atoms with Crippen molar-refractivity contribution in [3.63, 3.8) is 0 Å². The van der Waals surface area contributed by atoms with Gasteiger partial charge in [0.15, 0.2) is 11.2 Å². The lowest BCUT2D eigenvalue weighted by molar-refractivity contribution is 0.418. The minimum atomic E-state index is -0.635. The highest BCUT2D eigenvalue weighted by molar-refractivity contribution is 6.30. The summed E-state index contributed by atoms with van der Waals surface area (Å²) in [5.74, 6) is -0.460. The third kappa shape index (κ3) is 4.43. The molecule has 0 amide bonds. The van der Waals surface area contributed by atoms with E-state index in [0.29, 0.717) is 13.0 Å². The van der Waals surface area contributed by atoms with E-state index in [-0.39, 0.29) is 34.5 Å². The van der Waals surface area contributed by atoms with Crippen LogP contribution in [-0.4, -0.2) is 18.7 Å². The maximum Gasteiger partial charge on any atom is 0.332 e. The molecule has 0 aliphatic heterocycles. The van der Waals surface area contributed by atoms with E-state index in [0.717, 1.165) is 23.6 Å². The lowest BCUT2D eigenvalue weighted by Crippen LogP contribution is -2.39. The first-order chi connectivity index (χ1) is 15.8. The van der Waals surface area contributed by atoms with Crippen LogP contribution in [-0.2, 0) is 20.1 Å². The van der Waals surface area contributed by atoms with Gasteiger partial charge in [0.05, 0.1) is 11.6 Å². The topological polar surface area (TPSA) is 71.1 Å². The molecule has 0 atom stereocenters. The fourth-order valence-electron chi connectivity index (χ4n) is 3.61. The second kappa shape index (κ2) is 9.23. The molecule has 2 heterocycles. The largest absolute Gasteiger partial charge is 0.425 e. The summed E-state index contributed by atoms with van der Waals surface area (Å²) in [6, 6.07) is 12.0.